The lowest BCUT2D eigenvalue weighted by atomic mass is 10.1. The fraction of sp³-hybridized carbons (Fsp3) is 0.500. The number of aliphatic hydroxyl groups excluding tert-OH is 1. The third-order valence-electron chi connectivity index (χ3n) is 3.85. The highest BCUT2D eigenvalue weighted by Crippen LogP contribution is 2.31. The fourth-order valence-corrected chi connectivity index (χ4v) is 4.26. The van der Waals surface area contributed by atoms with Gasteiger partial charge in [-0.2, -0.15) is 8.42 Å². The number of likely N-dealkylation sites (N-methyl/N-ethyl adjacent to an activating group) is 1. The van der Waals surface area contributed by atoms with E-state index < -0.39 is 16.1 Å². The number of hydrogen-bond acceptors (Lipinski definition) is 5. The lowest BCUT2D eigenvalue weighted by molar-refractivity contribution is 0.187. The van der Waals surface area contributed by atoms with Gasteiger partial charge in [-0.1, -0.05) is 12.1 Å². The van der Waals surface area contributed by atoms with Crippen molar-refractivity contribution in [2.24, 2.45) is 4.40 Å². The van der Waals surface area contributed by atoms with Gasteiger partial charge in [0.1, 0.15) is 4.90 Å². The number of hydrogen-bond donors (Lipinski definition) is 1. The number of sulfonamides is 1. The topological polar surface area (TPSA) is 73.2 Å². The Kier molecular flexibility index (Phi) is 3.51. The molecule has 1 fully saturated rings. The Bertz CT molecular complexity index is 684. The summed E-state index contributed by atoms with van der Waals surface area (Å²) >= 11 is 0. The van der Waals surface area contributed by atoms with Gasteiger partial charge in [-0.25, -0.2) is 0 Å². The monoisotopic (exact) mass is 309 g/mol. The molecule has 2 aliphatic heterocycles. The van der Waals surface area contributed by atoms with E-state index in [0.29, 0.717) is 24.4 Å². The number of nitrogens with zero attached hydrogens (tertiary/aromatic N) is 3. The quantitative estimate of drug-likeness (QED) is 0.841. The molecular weight excluding hydrogens is 290 g/mol. The zero-order chi connectivity index (χ0) is 15.2. The molecule has 0 bridgehead atoms. The molecule has 0 spiro atoms. The predicted octanol–water partition coefficient (Wildman–Crippen LogP) is 0.132. The van der Waals surface area contributed by atoms with E-state index in [4.69, 9.17) is 0 Å². The highest BCUT2D eigenvalue weighted by molar-refractivity contribution is 7.90. The van der Waals surface area contributed by atoms with E-state index in [-0.39, 0.29) is 10.9 Å². The lowest BCUT2D eigenvalue weighted by Crippen LogP contribution is -2.41. The van der Waals surface area contributed by atoms with Crippen LogP contribution in [0.5, 0.6) is 0 Å². The molecule has 1 saturated heterocycles. The highest BCUT2D eigenvalue weighted by Gasteiger charge is 2.39. The van der Waals surface area contributed by atoms with E-state index in [1.54, 1.807) is 18.2 Å². The van der Waals surface area contributed by atoms with Gasteiger partial charge in [-0.15, -0.1) is 4.40 Å². The molecule has 114 valence electrons. The van der Waals surface area contributed by atoms with E-state index in [0.717, 1.165) is 6.54 Å². The summed E-state index contributed by atoms with van der Waals surface area (Å²) in [6, 6.07) is 6.92. The molecule has 7 heteroatoms. The third-order valence-corrected chi connectivity index (χ3v) is 5.18. The van der Waals surface area contributed by atoms with Crippen molar-refractivity contribution in [1.29, 1.82) is 0 Å². The van der Waals surface area contributed by atoms with Gasteiger partial charge in [-0.3, -0.25) is 0 Å². The minimum atomic E-state index is -3.61. The number of aliphatic hydroxyl groups is 1. The van der Waals surface area contributed by atoms with Crippen LogP contribution >= 0.6 is 0 Å². The average Bonchev–Trinajstić information content (AvgIpc) is 2.88. The van der Waals surface area contributed by atoms with Crippen molar-refractivity contribution >= 4 is 15.9 Å². The molecule has 0 amide bonds. The molecule has 2 atom stereocenters. The Balaban J connectivity index is 2.00. The summed E-state index contributed by atoms with van der Waals surface area (Å²) in [4.78, 5) is 4.21. The largest absolute Gasteiger partial charge is 0.391 e. The van der Waals surface area contributed by atoms with Gasteiger partial charge in [0, 0.05) is 24.7 Å². The summed E-state index contributed by atoms with van der Waals surface area (Å²) in [6.45, 7) is 1.17. The van der Waals surface area contributed by atoms with Crippen molar-refractivity contribution in [3.8, 4) is 0 Å². The first-order valence-electron chi connectivity index (χ1n) is 6.92. The van der Waals surface area contributed by atoms with Crippen LogP contribution in [0.15, 0.2) is 33.6 Å². The molecule has 3 rings (SSSR count). The van der Waals surface area contributed by atoms with Gasteiger partial charge >= 0.3 is 0 Å². The number of β-amino-alcohol motifs (C(OH)–C–C–N with tert-alkyl or cyclic N) is 1. The van der Waals surface area contributed by atoms with Crippen LogP contribution in [0.3, 0.4) is 0 Å². The fourth-order valence-electron chi connectivity index (χ4n) is 3.04. The molecule has 21 heavy (non-hydrogen) atoms. The van der Waals surface area contributed by atoms with Crippen molar-refractivity contribution in [3.63, 3.8) is 0 Å². The van der Waals surface area contributed by atoms with Crippen molar-refractivity contribution in [2.45, 2.75) is 23.5 Å². The maximum atomic E-state index is 12.1. The minimum Gasteiger partial charge on any atom is -0.391 e. The van der Waals surface area contributed by atoms with Crippen molar-refractivity contribution in [3.05, 3.63) is 29.8 Å². The summed E-state index contributed by atoms with van der Waals surface area (Å²) in [6.07, 6.45) is 0.174. The van der Waals surface area contributed by atoms with Gasteiger partial charge in [-0.05, 0) is 32.6 Å². The van der Waals surface area contributed by atoms with Gasteiger partial charge in [0.25, 0.3) is 10.0 Å². The molecular formula is C14H19N3O3S. The maximum absolute atomic E-state index is 12.1. The third kappa shape index (κ3) is 2.56. The number of rotatable bonds is 2. The first kappa shape index (κ1) is 14.5. The van der Waals surface area contributed by atoms with E-state index >= 15 is 0 Å². The lowest BCUT2D eigenvalue weighted by Gasteiger charge is -2.28. The minimum absolute atomic E-state index is 0.0649. The number of fused-ring (bicyclic) bond motifs is 1. The highest BCUT2D eigenvalue weighted by atomic mass is 32.2. The van der Waals surface area contributed by atoms with E-state index in [1.807, 2.05) is 30.0 Å². The zero-order valence-electron chi connectivity index (χ0n) is 12.1. The van der Waals surface area contributed by atoms with Crippen molar-refractivity contribution in [1.82, 2.24) is 9.80 Å². The molecule has 1 aromatic rings. The van der Waals surface area contributed by atoms with E-state index in [1.165, 1.54) is 0 Å². The van der Waals surface area contributed by atoms with E-state index in [9.17, 15) is 13.5 Å². The molecule has 0 aliphatic carbocycles. The SMILES string of the molecule is CN(C)CC1CC(O)CN1C1=NS(=O)(=O)c2ccccc21. The van der Waals surface area contributed by atoms with Crippen molar-refractivity contribution < 1.29 is 13.5 Å². The molecule has 2 unspecified atom stereocenters. The second kappa shape index (κ2) is 5.08. The summed E-state index contributed by atoms with van der Waals surface area (Å²) in [7, 11) is 0.314. The van der Waals surface area contributed by atoms with Gasteiger partial charge in [0.05, 0.1) is 6.10 Å². The Morgan fingerprint density at radius 3 is 2.81 bits per heavy atom. The first-order valence-corrected chi connectivity index (χ1v) is 8.36. The van der Waals surface area contributed by atoms with Crippen LogP contribution in [0.25, 0.3) is 0 Å². The number of amidine groups is 1. The Labute approximate surface area is 124 Å². The number of benzene rings is 1. The molecule has 0 saturated carbocycles. The van der Waals surface area contributed by atoms with Gasteiger partial charge in [0.2, 0.25) is 0 Å². The molecule has 6 nitrogen and oxygen atoms in total. The Morgan fingerprint density at radius 1 is 1.38 bits per heavy atom. The molecule has 2 aliphatic rings. The predicted molar refractivity (Wildman–Crippen MR) is 79.8 cm³/mol. The van der Waals surface area contributed by atoms with Crippen LogP contribution in [0.4, 0.5) is 0 Å². The van der Waals surface area contributed by atoms with Crippen LogP contribution in [-0.4, -0.2) is 68.5 Å². The van der Waals surface area contributed by atoms with Crippen LogP contribution in [-0.2, 0) is 10.0 Å². The summed E-state index contributed by atoms with van der Waals surface area (Å²) in [5.74, 6) is 0.467. The van der Waals surface area contributed by atoms with E-state index in [2.05, 4.69) is 4.40 Å². The Hall–Kier alpha value is -1.44. The molecule has 0 radical (unpaired) electrons. The standard InChI is InChI=1S/C14H19N3O3S/c1-16(2)8-10-7-11(18)9-17(10)14-12-5-3-4-6-13(12)21(19,20)15-14/h3-6,10-11,18H,7-9H2,1-2H3. The van der Waals surface area contributed by atoms with Crippen LogP contribution in [0, 0.1) is 0 Å². The summed E-state index contributed by atoms with van der Waals surface area (Å²) < 4.78 is 28.2. The molecule has 1 aromatic carbocycles. The van der Waals surface area contributed by atoms with Crippen LogP contribution < -0.4 is 0 Å². The van der Waals surface area contributed by atoms with Crippen LogP contribution in [0.1, 0.15) is 12.0 Å². The van der Waals surface area contributed by atoms with Crippen molar-refractivity contribution in [2.75, 3.05) is 27.2 Å². The second-order valence-corrected chi connectivity index (χ2v) is 7.42. The molecule has 0 aromatic heterocycles. The summed E-state index contributed by atoms with van der Waals surface area (Å²) in [5.41, 5.74) is 0.635. The molecule has 2 heterocycles. The zero-order valence-corrected chi connectivity index (χ0v) is 12.9. The van der Waals surface area contributed by atoms with Gasteiger partial charge in [0.15, 0.2) is 5.84 Å². The molecule has 1 N–H and O–H groups in total. The normalized spacial score (nSPS) is 27.0. The average molecular weight is 309 g/mol. The van der Waals surface area contributed by atoms with Gasteiger partial charge < -0.3 is 14.9 Å². The first-order chi connectivity index (χ1) is 9.88. The second-order valence-electron chi connectivity index (χ2n) is 5.84. The maximum Gasteiger partial charge on any atom is 0.285 e. The summed E-state index contributed by atoms with van der Waals surface area (Å²) in [5, 5.41) is 9.96. The van der Waals surface area contributed by atoms with Crippen LogP contribution in [0.2, 0.25) is 0 Å². The Morgan fingerprint density at radius 2 is 2.10 bits per heavy atom. The smallest absolute Gasteiger partial charge is 0.285 e. The number of likely N-dealkylation sites (tertiary alicyclic amines) is 1.